The Labute approximate surface area is 76.4 Å². The van der Waals surface area contributed by atoms with E-state index in [9.17, 15) is 0 Å². The molecule has 0 atom stereocenters. The predicted molar refractivity (Wildman–Crippen MR) is 49.4 cm³/mol. The van der Waals surface area contributed by atoms with E-state index in [1.807, 2.05) is 6.07 Å². The molecule has 1 heterocycles. The molecular weight excluding hydrogens is 176 g/mol. The fraction of sp³-hybridized carbons (Fsp3) is 0.375. The first-order valence-electron chi connectivity index (χ1n) is 3.79. The van der Waals surface area contributed by atoms with Crippen molar-refractivity contribution < 1.29 is 5.11 Å². The molecule has 3 nitrogen and oxygen atoms in total. The molecule has 0 aliphatic rings. The van der Waals surface area contributed by atoms with Crippen molar-refractivity contribution in [2.24, 2.45) is 0 Å². The molecule has 0 aliphatic heterocycles. The van der Waals surface area contributed by atoms with Crippen LogP contribution in [0.1, 0.15) is 6.42 Å². The average Bonchev–Trinajstić information content (AvgIpc) is 2.05. The number of hydrogen-bond acceptors (Lipinski definition) is 3. The number of anilines is 1. The third-order valence-electron chi connectivity index (χ3n) is 1.39. The molecule has 4 heteroatoms. The normalized spacial score (nSPS) is 9.83. The van der Waals surface area contributed by atoms with Crippen molar-refractivity contribution in [1.29, 1.82) is 0 Å². The minimum Gasteiger partial charge on any atom is -0.396 e. The zero-order valence-corrected chi connectivity index (χ0v) is 7.38. The van der Waals surface area contributed by atoms with Gasteiger partial charge in [0.15, 0.2) is 0 Å². The van der Waals surface area contributed by atoms with E-state index in [1.165, 1.54) is 0 Å². The summed E-state index contributed by atoms with van der Waals surface area (Å²) in [5, 5.41) is 12.1. The number of rotatable bonds is 4. The molecular formula is C8H11ClN2O. The van der Waals surface area contributed by atoms with E-state index < -0.39 is 0 Å². The van der Waals surface area contributed by atoms with Crippen LogP contribution in [-0.4, -0.2) is 23.2 Å². The maximum atomic E-state index is 8.52. The van der Waals surface area contributed by atoms with Gasteiger partial charge < -0.3 is 10.4 Å². The van der Waals surface area contributed by atoms with E-state index in [0.717, 1.165) is 18.7 Å². The van der Waals surface area contributed by atoms with E-state index >= 15 is 0 Å². The first-order valence-corrected chi connectivity index (χ1v) is 4.17. The van der Waals surface area contributed by atoms with Crippen LogP contribution in [0.5, 0.6) is 0 Å². The highest BCUT2D eigenvalue weighted by Gasteiger charge is 1.92. The molecule has 0 aromatic carbocycles. The highest BCUT2D eigenvalue weighted by atomic mass is 35.5. The third-order valence-corrected chi connectivity index (χ3v) is 1.60. The molecule has 66 valence electrons. The van der Waals surface area contributed by atoms with E-state index in [2.05, 4.69) is 10.3 Å². The Morgan fingerprint density at radius 1 is 1.58 bits per heavy atom. The summed E-state index contributed by atoms with van der Waals surface area (Å²) in [7, 11) is 0. The predicted octanol–water partition coefficient (Wildman–Crippen LogP) is 1.53. The van der Waals surface area contributed by atoms with Crippen LogP contribution in [0.25, 0.3) is 0 Å². The lowest BCUT2D eigenvalue weighted by molar-refractivity contribution is 0.292. The molecule has 1 rings (SSSR count). The van der Waals surface area contributed by atoms with Crippen molar-refractivity contribution in [3.63, 3.8) is 0 Å². The Hall–Kier alpha value is -0.800. The van der Waals surface area contributed by atoms with Crippen molar-refractivity contribution in [2.45, 2.75) is 6.42 Å². The van der Waals surface area contributed by atoms with Gasteiger partial charge in [-0.1, -0.05) is 11.6 Å². The zero-order valence-electron chi connectivity index (χ0n) is 6.63. The third kappa shape index (κ3) is 3.07. The van der Waals surface area contributed by atoms with Crippen molar-refractivity contribution in [2.75, 3.05) is 18.5 Å². The second kappa shape index (κ2) is 4.95. The lowest BCUT2D eigenvalue weighted by Gasteiger charge is -2.03. The standard InChI is InChI=1S/C8H11ClN2O/c9-8-6-7(2-4-11-8)10-3-1-5-12/h2,4,6,12H,1,3,5H2,(H,10,11). The number of aliphatic hydroxyl groups excluding tert-OH is 1. The molecule has 0 saturated carbocycles. The lowest BCUT2D eigenvalue weighted by atomic mass is 10.4. The number of hydrogen-bond donors (Lipinski definition) is 2. The first-order chi connectivity index (χ1) is 5.83. The van der Waals surface area contributed by atoms with Crippen LogP contribution in [0.3, 0.4) is 0 Å². The molecule has 0 saturated heterocycles. The van der Waals surface area contributed by atoms with Gasteiger partial charge in [0.2, 0.25) is 0 Å². The van der Waals surface area contributed by atoms with Crippen LogP contribution in [0.2, 0.25) is 5.15 Å². The van der Waals surface area contributed by atoms with Gasteiger partial charge in [-0.05, 0) is 18.6 Å². The van der Waals surface area contributed by atoms with E-state index in [-0.39, 0.29) is 6.61 Å². The number of pyridine rings is 1. The second-order valence-electron chi connectivity index (χ2n) is 2.37. The number of halogens is 1. The molecule has 2 N–H and O–H groups in total. The quantitative estimate of drug-likeness (QED) is 0.554. The summed E-state index contributed by atoms with van der Waals surface area (Å²) in [6.45, 7) is 0.947. The zero-order chi connectivity index (χ0) is 8.81. The molecule has 0 bridgehead atoms. The Balaban J connectivity index is 2.41. The van der Waals surface area contributed by atoms with Gasteiger partial charge in [0.25, 0.3) is 0 Å². The first kappa shape index (κ1) is 9.29. The average molecular weight is 187 g/mol. The summed E-state index contributed by atoms with van der Waals surface area (Å²) in [6.07, 6.45) is 2.38. The van der Waals surface area contributed by atoms with E-state index in [0.29, 0.717) is 5.15 Å². The fourth-order valence-corrected chi connectivity index (χ4v) is 0.998. The van der Waals surface area contributed by atoms with Gasteiger partial charge in [0, 0.05) is 25.0 Å². The Morgan fingerprint density at radius 2 is 2.42 bits per heavy atom. The van der Waals surface area contributed by atoms with E-state index in [4.69, 9.17) is 16.7 Å². The topological polar surface area (TPSA) is 45.1 Å². The largest absolute Gasteiger partial charge is 0.396 e. The van der Waals surface area contributed by atoms with Gasteiger partial charge in [-0.2, -0.15) is 0 Å². The molecule has 0 spiro atoms. The lowest BCUT2D eigenvalue weighted by Crippen LogP contribution is -2.03. The van der Waals surface area contributed by atoms with Gasteiger partial charge in [0.05, 0.1) is 0 Å². The highest BCUT2D eigenvalue weighted by Crippen LogP contribution is 2.11. The van der Waals surface area contributed by atoms with Gasteiger partial charge in [-0.15, -0.1) is 0 Å². The minimum atomic E-state index is 0.200. The molecule has 12 heavy (non-hydrogen) atoms. The van der Waals surface area contributed by atoms with Gasteiger partial charge in [-0.3, -0.25) is 0 Å². The summed E-state index contributed by atoms with van der Waals surface area (Å²) < 4.78 is 0. The Kier molecular flexibility index (Phi) is 3.84. The Morgan fingerprint density at radius 3 is 3.08 bits per heavy atom. The summed E-state index contributed by atoms with van der Waals surface area (Å²) in [5.41, 5.74) is 0.934. The Bertz CT molecular complexity index is 242. The molecule has 0 unspecified atom stereocenters. The SMILES string of the molecule is OCCCNc1ccnc(Cl)c1. The smallest absolute Gasteiger partial charge is 0.131 e. The van der Waals surface area contributed by atoms with Crippen LogP contribution in [-0.2, 0) is 0 Å². The summed E-state index contributed by atoms with van der Waals surface area (Å²) in [5.74, 6) is 0. The summed E-state index contributed by atoms with van der Waals surface area (Å²) in [6, 6.07) is 3.59. The maximum absolute atomic E-state index is 8.52. The van der Waals surface area contributed by atoms with E-state index in [1.54, 1.807) is 12.3 Å². The summed E-state index contributed by atoms with van der Waals surface area (Å²) in [4.78, 5) is 3.84. The second-order valence-corrected chi connectivity index (χ2v) is 2.76. The number of nitrogens with zero attached hydrogens (tertiary/aromatic N) is 1. The fourth-order valence-electron chi connectivity index (χ4n) is 0.824. The molecule has 0 aliphatic carbocycles. The van der Waals surface area contributed by atoms with Crippen LogP contribution >= 0.6 is 11.6 Å². The number of nitrogens with one attached hydrogen (secondary N) is 1. The van der Waals surface area contributed by atoms with Crippen molar-refractivity contribution in [1.82, 2.24) is 4.98 Å². The van der Waals surface area contributed by atoms with Crippen LogP contribution in [0.15, 0.2) is 18.3 Å². The maximum Gasteiger partial charge on any atom is 0.131 e. The number of aliphatic hydroxyl groups is 1. The molecule has 0 amide bonds. The van der Waals surface area contributed by atoms with Crippen molar-refractivity contribution >= 4 is 17.3 Å². The van der Waals surface area contributed by atoms with Crippen LogP contribution < -0.4 is 5.32 Å². The van der Waals surface area contributed by atoms with Crippen molar-refractivity contribution in [3.05, 3.63) is 23.5 Å². The minimum absolute atomic E-state index is 0.200. The monoisotopic (exact) mass is 186 g/mol. The van der Waals surface area contributed by atoms with Gasteiger partial charge in [0.1, 0.15) is 5.15 Å². The van der Waals surface area contributed by atoms with Gasteiger partial charge >= 0.3 is 0 Å². The highest BCUT2D eigenvalue weighted by molar-refractivity contribution is 6.29. The summed E-state index contributed by atoms with van der Waals surface area (Å²) >= 11 is 5.66. The number of aromatic nitrogens is 1. The molecule has 1 aromatic heterocycles. The van der Waals surface area contributed by atoms with Crippen LogP contribution in [0, 0.1) is 0 Å². The molecule has 0 radical (unpaired) electrons. The molecule has 0 fully saturated rings. The van der Waals surface area contributed by atoms with Gasteiger partial charge in [-0.25, -0.2) is 4.98 Å². The van der Waals surface area contributed by atoms with Crippen molar-refractivity contribution in [3.8, 4) is 0 Å². The van der Waals surface area contributed by atoms with Crippen LogP contribution in [0.4, 0.5) is 5.69 Å². The molecule has 1 aromatic rings.